The minimum absolute atomic E-state index is 0.0437. The summed E-state index contributed by atoms with van der Waals surface area (Å²) in [5.74, 6) is 0.638. The van der Waals surface area contributed by atoms with Crippen LogP contribution in [0, 0.1) is 5.41 Å². The Morgan fingerprint density at radius 3 is 2.51 bits per heavy atom. The van der Waals surface area contributed by atoms with Gasteiger partial charge < -0.3 is 26.2 Å². The normalized spacial score (nSPS) is 17.5. The first kappa shape index (κ1) is 28.5. The highest BCUT2D eigenvalue weighted by atomic mass is 16.2. The minimum atomic E-state index is -0.234. The molecule has 8 nitrogen and oxygen atoms in total. The summed E-state index contributed by atoms with van der Waals surface area (Å²) in [6.07, 6.45) is 14.1. The third-order valence-corrected chi connectivity index (χ3v) is 9.05. The van der Waals surface area contributed by atoms with Crippen LogP contribution in [0.3, 0.4) is 0 Å². The van der Waals surface area contributed by atoms with Gasteiger partial charge in [0.2, 0.25) is 0 Å². The van der Waals surface area contributed by atoms with Gasteiger partial charge in [-0.3, -0.25) is 4.79 Å². The summed E-state index contributed by atoms with van der Waals surface area (Å²) in [5.41, 5.74) is 11.4. The van der Waals surface area contributed by atoms with Gasteiger partial charge in [-0.1, -0.05) is 54.6 Å². The second kappa shape index (κ2) is 12.7. The summed E-state index contributed by atoms with van der Waals surface area (Å²) in [6, 6.07) is 19.8. The first-order valence-electron chi connectivity index (χ1n) is 15.3. The predicted octanol–water partition coefficient (Wildman–Crippen LogP) is 5.89. The number of aromatic nitrogens is 1. The smallest absolute Gasteiger partial charge is 0.317 e. The summed E-state index contributed by atoms with van der Waals surface area (Å²) in [5, 5.41) is 6.07. The van der Waals surface area contributed by atoms with Crippen molar-refractivity contribution in [2.75, 3.05) is 48.7 Å². The molecule has 6 rings (SSSR count). The van der Waals surface area contributed by atoms with Gasteiger partial charge in [0.25, 0.3) is 5.91 Å². The molecule has 222 valence electrons. The van der Waals surface area contributed by atoms with Crippen molar-refractivity contribution < 1.29 is 9.59 Å². The molecule has 1 aromatic heterocycles. The minimum Gasteiger partial charge on any atom is -0.397 e. The lowest BCUT2D eigenvalue weighted by Crippen LogP contribution is -2.44. The molecular formula is C35H40N6O2. The zero-order valence-corrected chi connectivity index (χ0v) is 24.6. The standard InChI is InChI=1S/C35H40N6O2/c36-30-13-11-28(27-9-5-2-6-10-27)23-31(30)39-33(42)29-12-14-32(38-24-29)40-20-16-35(17-21-40)18-22-41(25-35)34(43)37-19-15-26-7-3-1-4-8-26/h1,3-5,7-14,23-24H,2,6,15-22,25,36H2,(H,37,43)(H,39,42). The third kappa shape index (κ3) is 6.74. The highest BCUT2D eigenvalue weighted by Gasteiger charge is 2.42. The number of nitrogen functional groups attached to an aromatic ring is 1. The van der Waals surface area contributed by atoms with E-state index in [-0.39, 0.29) is 17.4 Å². The van der Waals surface area contributed by atoms with Crippen LogP contribution in [0.4, 0.5) is 22.0 Å². The number of urea groups is 1. The monoisotopic (exact) mass is 576 g/mol. The maximum atomic E-state index is 13.0. The summed E-state index contributed by atoms with van der Waals surface area (Å²) >= 11 is 0. The zero-order chi connectivity index (χ0) is 29.6. The van der Waals surface area contributed by atoms with Gasteiger partial charge in [0.1, 0.15) is 5.82 Å². The first-order chi connectivity index (χ1) is 21.0. The van der Waals surface area contributed by atoms with Gasteiger partial charge in [-0.25, -0.2) is 9.78 Å². The van der Waals surface area contributed by atoms with E-state index in [1.54, 1.807) is 6.20 Å². The van der Waals surface area contributed by atoms with Crippen LogP contribution in [0.15, 0.2) is 85.1 Å². The highest BCUT2D eigenvalue weighted by Crippen LogP contribution is 2.41. The molecular weight excluding hydrogens is 536 g/mol. The number of nitrogens with one attached hydrogen (secondary N) is 2. The molecule has 4 N–H and O–H groups in total. The molecule has 43 heavy (non-hydrogen) atoms. The van der Waals surface area contributed by atoms with E-state index in [0.29, 0.717) is 23.5 Å². The molecule has 0 unspecified atom stereocenters. The average molecular weight is 577 g/mol. The van der Waals surface area contributed by atoms with Gasteiger partial charge in [-0.2, -0.15) is 0 Å². The van der Waals surface area contributed by atoms with Gasteiger partial charge >= 0.3 is 6.03 Å². The number of carbonyl (C=O) groups is 2. The van der Waals surface area contributed by atoms with E-state index in [4.69, 9.17) is 5.73 Å². The largest absolute Gasteiger partial charge is 0.397 e. The third-order valence-electron chi connectivity index (χ3n) is 9.05. The van der Waals surface area contributed by atoms with E-state index in [1.165, 1.54) is 5.56 Å². The summed E-state index contributed by atoms with van der Waals surface area (Å²) < 4.78 is 0. The van der Waals surface area contributed by atoms with Crippen LogP contribution in [-0.2, 0) is 6.42 Å². The van der Waals surface area contributed by atoms with Crippen LogP contribution in [0.2, 0.25) is 0 Å². The first-order valence-corrected chi connectivity index (χ1v) is 15.3. The van der Waals surface area contributed by atoms with E-state index < -0.39 is 0 Å². The molecule has 0 saturated carbocycles. The number of piperidine rings is 1. The number of allylic oxidation sites excluding steroid dienone is 4. The molecule has 0 atom stereocenters. The number of carbonyl (C=O) groups excluding carboxylic acids is 2. The van der Waals surface area contributed by atoms with Gasteiger partial charge in [-0.05, 0) is 84.9 Å². The lowest BCUT2D eigenvalue weighted by Gasteiger charge is -2.39. The number of benzene rings is 2. The fourth-order valence-corrected chi connectivity index (χ4v) is 6.37. The Hall–Kier alpha value is -4.59. The molecule has 3 aliphatic rings. The Morgan fingerprint density at radius 2 is 1.77 bits per heavy atom. The number of likely N-dealkylation sites (tertiary alicyclic amines) is 1. The Labute approximate surface area is 253 Å². The summed E-state index contributed by atoms with van der Waals surface area (Å²) in [4.78, 5) is 34.8. The quantitative estimate of drug-likeness (QED) is 0.304. The van der Waals surface area contributed by atoms with E-state index in [9.17, 15) is 9.59 Å². The second-order valence-electron chi connectivity index (χ2n) is 11.9. The highest BCUT2D eigenvalue weighted by molar-refractivity contribution is 6.06. The van der Waals surface area contributed by atoms with Crippen LogP contribution in [0.25, 0.3) is 5.57 Å². The second-order valence-corrected chi connectivity index (χ2v) is 11.9. The van der Waals surface area contributed by atoms with Gasteiger partial charge in [0.05, 0.1) is 16.9 Å². The Morgan fingerprint density at radius 1 is 0.953 bits per heavy atom. The Balaban J connectivity index is 0.993. The molecule has 2 saturated heterocycles. The average Bonchev–Trinajstić information content (AvgIpc) is 3.47. The van der Waals surface area contributed by atoms with Gasteiger partial charge in [-0.15, -0.1) is 0 Å². The number of nitrogens with two attached hydrogens (primary N) is 1. The van der Waals surface area contributed by atoms with Crippen molar-refractivity contribution in [3.63, 3.8) is 0 Å². The van der Waals surface area contributed by atoms with E-state index in [1.807, 2.05) is 53.4 Å². The van der Waals surface area contributed by atoms with Crippen molar-refractivity contribution >= 4 is 34.7 Å². The molecule has 3 aromatic rings. The number of amides is 3. The zero-order valence-electron chi connectivity index (χ0n) is 24.6. The van der Waals surface area contributed by atoms with Crippen molar-refractivity contribution in [3.05, 3.63) is 102 Å². The van der Waals surface area contributed by atoms with Crippen molar-refractivity contribution in [2.45, 2.75) is 38.5 Å². The van der Waals surface area contributed by atoms with E-state index >= 15 is 0 Å². The molecule has 1 aliphatic carbocycles. The molecule has 2 fully saturated rings. The van der Waals surface area contributed by atoms with Crippen molar-refractivity contribution in [2.24, 2.45) is 5.41 Å². The van der Waals surface area contributed by atoms with Crippen molar-refractivity contribution in [1.82, 2.24) is 15.2 Å². The molecule has 2 aliphatic heterocycles. The number of pyridine rings is 1. The SMILES string of the molecule is Nc1ccc(C2=CCCC=C2)cc1NC(=O)c1ccc(N2CCC3(CCN(C(=O)NCCc4ccccc4)C3)CC2)nc1. The lowest BCUT2D eigenvalue weighted by atomic mass is 9.78. The van der Waals surface area contributed by atoms with Crippen LogP contribution in [0.1, 0.15) is 53.6 Å². The lowest BCUT2D eigenvalue weighted by molar-refractivity contribution is 0.102. The fraction of sp³-hybridized carbons (Fsp3) is 0.343. The van der Waals surface area contributed by atoms with Crippen LogP contribution >= 0.6 is 0 Å². The molecule has 3 amide bonds. The summed E-state index contributed by atoms with van der Waals surface area (Å²) in [7, 11) is 0. The van der Waals surface area contributed by atoms with Crippen molar-refractivity contribution in [3.8, 4) is 0 Å². The molecule has 0 bridgehead atoms. The van der Waals surface area contributed by atoms with Crippen LogP contribution in [0.5, 0.6) is 0 Å². The Bertz CT molecular complexity index is 1510. The maximum absolute atomic E-state index is 13.0. The van der Waals surface area contributed by atoms with E-state index in [2.05, 4.69) is 50.9 Å². The van der Waals surface area contributed by atoms with Gasteiger partial charge in [0.15, 0.2) is 0 Å². The van der Waals surface area contributed by atoms with Crippen LogP contribution < -0.4 is 21.3 Å². The number of hydrogen-bond donors (Lipinski definition) is 3. The van der Waals surface area contributed by atoms with E-state index in [0.717, 1.165) is 81.7 Å². The van der Waals surface area contributed by atoms with Crippen LogP contribution in [-0.4, -0.2) is 54.5 Å². The predicted molar refractivity (Wildman–Crippen MR) is 173 cm³/mol. The fourth-order valence-electron chi connectivity index (χ4n) is 6.37. The molecule has 8 heteroatoms. The van der Waals surface area contributed by atoms with Crippen molar-refractivity contribution in [1.29, 1.82) is 0 Å². The molecule has 0 radical (unpaired) electrons. The molecule has 1 spiro atoms. The Kier molecular flexibility index (Phi) is 8.45. The molecule has 2 aromatic carbocycles. The number of rotatable bonds is 7. The topological polar surface area (TPSA) is 104 Å². The number of anilines is 3. The maximum Gasteiger partial charge on any atom is 0.317 e. The summed E-state index contributed by atoms with van der Waals surface area (Å²) in [6.45, 7) is 4.03. The number of nitrogens with zero attached hydrogens (tertiary/aromatic N) is 3. The number of hydrogen-bond acceptors (Lipinski definition) is 5. The van der Waals surface area contributed by atoms with Gasteiger partial charge in [0, 0.05) is 38.9 Å². The molecule has 3 heterocycles.